The van der Waals surface area contributed by atoms with Crippen LogP contribution in [0.3, 0.4) is 0 Å². The van der Waals surface area contributed by atoms with Crippen LogP contribution in [0.2, 0.25) is 0 Å². The van der Waals surface area contributed by atoms with Crippen LogP contribution in [0, 0.1) is 0 Å². The van der Waals surface area contributed by atoms with Crippen LogP contribution in [-0.2, 0) is 11.2 Å². The molecule has 1 heterocycles. The molecular formula is C13H19N3O. The summed E-state index contributed by atoms with van der Waals surface area (Å²) in [6.07, 6.45) is 2.67. The maximum atomic E-state index is 12.0. The molecule has 0 bridgehead atoms. The molecule has 1 atom stereocenters. The zero-order chi connectivity index (χ0) is 12.1. The second-order valence-corrected chi connectivity index (χ2v) is 4.33. The van der Waals surface area contributed by atoms with E-state index in [0.717, 1.165) is 31.5 Å². The summed E-state index contributed by atoms with van der Waals surface area (Å²) < 4.78 is 0. The number of benzene rings is 1. The van der Waals surface area contributed by atoms with Crippen molar-refractivity contribution in [3.05, 3.63) is 29.8 Å². The van der Waals surface area contributed by atoms with Crippen LogP contribution in [-0.4, -0.2) is 25.0 Å². The number of nitrogens with two attached hydrogens (primary N) is 1. The van der Waals surface area contributed by atoms with Gasteiger partial charge in [-0.1, -0.05) is 18.2 Å². The van der Waals surface area contributed by atoms with Crippen LogP contribution in [0.1, 0.15) is 18.4 Å². The van der Waals surface area contributed by atoms with Crippen molar-refractivity contribution in [1.82, 2.24) is 5.32 Å². The van der Waals surface area contributed by atoms with E-state index in [1.165, 1.54) is 5.56 Å². The summed E-state index contributed by atoms with van der Waals surface area (Å²) in [5, 5.41) is 6.22. The van der Waals surface area contributed by atoms with Gasteiger partial charge in [-0.05, 0) is 44.0 Å². The lowest BCUT2D eigenvalue weighted by atomic mass is 10.1. The molecule has 4 nitrogen and oxygen atoms in total. The van der Waals surface area contributed by atoms with Crippen molar-refractivity contribution in [2.75, 3.05) is 18.4 Å². The molecule has 0 saturated carbocycles. The first-order valence-corrected chi connectivity index (χ1v) is 6.13. The zero-order valence-electron chi connectivity index (χ0n) is 9.91. The lowest BCUT2D eigenvalue weighted by molar-refractivity contribution is -0.118. The Morgan fingerprint density at radius 1 is 1.41 bits per heavy atom. The van der Waals surface area contributed by atoms with Gasteiger partial charge >= 0.3 is 0 Å². The number of carbonyl (C=O) groups is 1. The quantitative estimate of drug-likeness (QED) is 0.676. The number of hydrogen-bond donors (Lipinski definition) is 3. The number of carbonyl (C=O) groups excluding carboxylic acids is 1. The van der Waals surface area contributed by atoms with Crippen molar-refractivity contribution in [2.45, 2.75) is 25.3 Å². The highest BCUT2D eigenvalue weighted by Crippen LogP contribution is 2.21. The standard InChI is InChI=1S/C13H19N3O/c14-8-3-9-15-12-7-6-10-4-1-2-5-11(10)16-13(12)17/h1-2,4-5,12,15H,3,6-9,14H2,(H,16,17). The molecule has 1 aliphatic heterocycles. The maximum Gasteiger partial charge on any atom is 0.241 e. The SMILES string of the molecule is NCCCNC1CCc2ccccc2NC1=O. The number of rotatable bonds is 4. The van der Waals surface area contributed by atoms with E-state index in [1.54, 1.807) is 0 Å². The molecular weight excluding hydrogens is 214 g/mol. The monoisotopic (exact) mass is 233 g/mol. The van der Waals surface area contributed by atoms with E-state index in [2.05, 4.69) is 16.7 Å². The fourth-order valence-corrected chi connectivity index (χ4v) is 2.08. The van der Waals surface area contributed by atoms with Crippen molar-refractivity contribution >= 4 is 11.6 Å². The van der Waals surface area contributed by atoms with Crippen LogP contribution < -0.4 is 16.4 Å². The minimum Gasteiger partial charge on any atom is -0.330 e. The molecule has 2 rings (SSSR count). The third-order valence-corrected chi connectivity index (χ3v) is 3.07. The third kappa shape index (κ3) is 3.05. The molecule has 0 fully saturated rings. The van der Waals surface area contributed by atoms with Gasteiger partial charge in [-0.3, -0.25) is 4.79 Å². The fourth-order valence-electron chi connectivity index (χ4n) is 2.08. The van der Waals surface area contributed by atoms with E-state index in [9.17, 15) is 4.79 Å². The molecule has 4 N–H and O–H groups in total. The maximum absolute atomic E-state index is 12.0. The molecule has 0 aromatic heterocycles. The predicted molar refractivity (Wildman–Crippen MR) is 68.9 cm³/mol. The molecule has 1 amide bonds. The Bertz CT molecular complexity index is 392. The van der Waals surface area contributed by atoms with Gasteiger partial charge in [0.2, 0.25) is 5.91 Å². The fraction of sp³-hybridized carbons (Fsp3) is 0.462. The minimum absolute atomic E-state index is 0.0620. The van der Waals surface area contributed by atoms with Crippen LogP contribution >= 0.6 is 0 Å². The molecule has 17 heavy (non-hydrogen) atoms. The van der Waals surface area contributed by atoms with Crippen LogP contribution in [0.15, 0.2) is 24.3 Å². The second-order valence-electron chi connectivity index (χ2n) is 4.33. The first-order valence-electron chi connectivity index (χ1n) is 6.13. The summed E-state index contributed by atoms with van der Waals surface area (Å²) in [5.74, 6) is 0.0620. The van der Waals surface area contributed by atoms with Gasteiger partial charge in [0.25, 0.3) is 0 Å². The number of amides is 1. The summed E-state index contributed by atoms with van der Waals surface area (Å²) in [7, 11) is 0. The van der Waals surface area contributed by atoms with Gasteiger partial charge in [-0.2, -0.15) is 0 Å². The number of para-hydroxylation sites is 1. The topological polar surface area (TPSA) is 67.2 Å². The highest BCUT2D eigenvalue weighted by molar-refractivity contribution is 5.96. The van der Waals surface area contributed by atoms with E-state index in [-0.39, 0.29) is 11.9 Å². The van der Waals surface area contributed by atoms with E-state index in [0.29, 0.717) is 6.54 Å². The van der Waals surface area contributed by atoms with Crippen molar-refractivity contribution in [1.29, 1.82) is 0 Å². The van der Waals surface area contributed by atoms with Gasteiger partial charge in [0, 0.05) is 5.69 Å². The molecule has 1 aliphatic rings. The Balaban J connectivity index is 2.00. The van der Waals surface area contributed by atoms with Gasteiger partial charge in [0.15, 0.2) is 0 Å². The van der Waals surface area contributed by atoms with E-state index in [4.69, 9.17) is 5.73 Å². The van der Waals surface area contributed by atoms with Crippen LogP contribution in [0.4, 0.5) is 5.69 Å². The summed E-state index contributed by atoms with van der Waals surface area (Å²) in [5.41, 5.74) is 7.60. The first kappa shape index (κ1) is 12.1. The molecule has 1 unspecified atom stereocenters. The van der Waals surface area contributed by atoms with Gasteiger partial charge in [-0.15, -0.1) is 0 Å². The molecule has 1 aromatic rings. The Labute approximate surface area is 102 Å². The van der Waals surface area contributed by atoms with Crippen molar-refractivity contribution in [2.24, 2.45) is 5.73 Å². The van der Waals surface area contributed by atoms with Crippen molar-refractivity contribution in [3.8, 4) is 0 Å². The summed E-state index contributed by atoms with van der Waals surface area (Å²) in [4.78, 5) is 12.0. The number of anilines is 1. The first-order chi connectivity index (χ1) is 8.31. The number of fused-ring (bicyclic) bond motifs is 1. The number of nitrogens with one attached hydrogen (secondary N) is 2. The van der Waals surface area contributed by atoms with Crippen LogP contribution in [0.5, 0.6) is 0 Å². The lowest BCUT2D eigenvalue weighted by Gasteiger charge is -2.14. The average molecular weight is 233 g/mol. The Kier molecular flexibility index (Phi) is 4.12. The predicted octanol–water partition coefficient (Wildman–Crippen LogP) is 0.878. The Morgan fingerprint density at radius 3 is 3.06 bits per heavy atom. The van der Waals surface area contributed by atoms with Crippen molar-refractivity contribution < 1.29 is 4.79 Å². The highest BCUT2D eigenvalue weighted by atomic mass is 16.2. The van der Waals surface area contributed by atoms with Crippen molar-refractivity contribution in [3.63, 3.8) is 0 Å². The van der Waals surface area contributed by atoms with E-state index in [1.807, 2.05) is 18.2 Å². The second kappa shape index (κ2) is 5.80. The van der Waals surface area contributed by atoms with Gasteiger partial charge in [-0.25, -0.2) is 0 Å². The van der Waals surface area contributed by atoms with Crippen LogP contribution in [0.25, 0.3) is 0 Å². The average Bonchev–Trinajstić information content (AvgIpc) is 2.49. The molecule has 1 aromatic carbocycles. The molecule has 0 saturated heterocycles. The number of hydrogen-bond acceptors (Lipinski definition) is 3. The Morgan fingerprint density at radius 2 is 2.24 bits per heavy atom. The smallest absolute Gasteiger partial charge is 0.241 e. The van der Waals surface area contributed by atoms with Gasteiger partial charge < -0.3 is 16.4 Å². The molecule has 0 radical (unpaired) electrons. The number of aryl methyl sites for hydroxylation is 1. The molecule has 4 heteroatoms. The summed E-state index contributed by atoms with van der Waals surface area (Å²) >= 11 is 0. The van der Waals surface area contributed by atoms with Gasteiger partial charge in [0.1, 0.15) is 0 Å². The minimum atomic E-state index is -0.103. The molecule has 0 spiro atoms. The van der Waals surface area contributed by atoms with Gasteiger partial charge in [0.05, 0.1) is 6.04 Å². The lowest BCUT2D eigenvalue weighted by Crippen LogP contribution is -2.40. The van der Waals surface area contributed by atoms with E-state index >= 15 is 0 Å². The highest BCUT2D eigenvalue weighted by Gasteiger charge is 2.22. The largest absolute Gasteiger partial charge is 0.330 e. The normalized spacial score (nSPS) is 19.4. The zero-order valence-corrected chi connectivity index (χ0v) is 9.91. The molecule has 92 valence electrons. The van der Waals surface area contributed by atoms with E-state index < -0.39 is 0 Å². The summed E-state index contributed by atoms with van der Waals surface area (Å²) in [6.45, 7) is 1.45. The Hall–Kier alpha value is -1.39. The molecule has 0 aliphatic carbocycles. The third-order valence-electron chi connectivity index (χ3n) is 3.07. The summed E-state index contributed by atoms with van der Waals surface area (Å²) in [6, 6.07) is 7.87.